The molecule has 2 heterocycles. The molecule has 0 fully saturated rings. The highest BCUT2D eigenvalue weighted by molar-refractivity contribution is 9.10. The second-order valence-electron chi connectivity index (χ2n) is 3.77. The Kier molecular flexibility index (Phi) is 3.58. The van der Waals surface area contributed by atoms with Crippen LogP contribution < -0.4 is 5.32 Å². The Bertz CT molecular complexity index is 523. The first kappa shape index (κ1) is 12.3. The molecular formula is C10H14BrN5O. The lowest BCUT2D eigenvalue weighted by Gasteiger charge is -2.14. The molecular weight excluding hydrogens is 286 g/mol. The number of aryl methyl sites for hydroxylation is 1. The highest BCUT2D eigenvalue weighted by Crippen LogP contribution is 2.27. The lowest BCUT2D eigenvalue weighted by atomic mass is 10.2. The van der Waals surface area contributed by atoms with Crippen molar-refractivity contribution in [3.05, 3.63) is 10.9 Å². The minimum absolute atomic E-state index is 0.0137. The largest absolute Gasteiger partial charge is 0.394 e. The van der Waals surface area contributed by atoms with Crippen LogP contribution in [-0.4, -0.2) is 37.5 Å². The number of fused-ring (bicyclic) bond motifs is 1. The summed E-state index contributed by atoms with van der Waals surface area (Å²) in [5.41, 5.74) is 0.752. The van der Waals surface area contributed by atoms with E-state index in [2.05, 4.69) is 36.3 Å². The van der Waals surface area contributed by atoms with Gasteiger partial charge < -0.3 is 10.4 Å². The maximum atomic E-state index is 9.20. The van der Waals surface area contributed by atoms with Crippen LogP contribution in [0.1, 0.15) is 13.3 Å². The number of anilines is 1. The molecule has 6 nitrogen and oxygen atoms in total. The molecule has 0 radical (unpaired) electrons. The molecule has 0 spiro atoms. The first-order chi connectivity index (χ1) is 8.17. The molecule has 0 bridgehead atoms. The SMILES string of the molecule is CC[C@H](CO)Nc1ncnc2c1c(Br)nn2C. The summed E-state index contributed by atoms with van der Waals surface area (Å²) < 4.78 is 2.39. The van der Waals surface area contributed by atoms with Gasteiger partial charge >= 0.3 is 0 Å². The van der Waals surface area contributed by atoms with E-state index >= 15 is 0 Å². The average Bonchev–Trinajstić information content (AvgIpc) is 2.63. The number of hydrogen-bond acceptors (Lipinski definition) is 5. The number of aromatic nitrogens is 4. The maximum Gasteiger partial charge on any atom is 0.164 e. The van der Waals surface area contributed by atoms with Gasteiger partial charge in [-0.3, -0.25) is 0 Å². The van der Waals surface area contributed by atoms with E-state index in [0.717, 1.165) is 17.5 Å². The van der Waals surface area contributed by atoms with Crippen molar-refractivity contribution in [2.24, 2.45) is 7.05 Å². The zero-order valence-electron chi connectivity index (χ0n) is 9.68. The van der Waals surface area contributed by atoms with Crippen molar-refractivity contribution in [2.45, 2.75) is 19.4 Å². The third-order valence-electron chi connectivity index (χ3n) is 2.63. The first-order valence-electron chi connectivity index (χ1n) is 5.38. The molecule has 0 aliphatic heterocycles. The second-order valence-corrected chi connectivity index (χ2v) is 4.52. The molecule has 7 heteroatoms. The van der Waals surface area contributed by atoms with Crippen LogP contribution >= 0.6 is 15.9 Å². The predicted octanol–water partition coefficient (Wildman–Crippen LogP) is 1.31. The van der Waals surface area contributed by atoms with Crippen molar-refractivity contribution in [1.82, 2.24) is 19.7 Å². The van der Waals surface area contributed by atoms with Crippen LogP contribution in [-0.2, 0) is 7.05 Å². The average molecular weight is 300 g/mol. The summed E-state index contributed by atoms with van der Waals surface area (Å²) in [5.74, 6) is 0.691. The molecule has 17 heavy (non-hydrogen) atoms. The van der Waals surface area contributed by atoms with Crippen LogP contribution in [0.4, 0.5) is 5.82 Å². The molecule has 0 aliphatic carbocycles. The summed E-state index contributed by atoms with van der Waals surface area (Å²) >= 11 is 3.39. The molecule has 0 aromatic carbocycles. The van der Waals surface area contributed by atoms with E-state index < -0.39 is 0 Å². The van der Waals surface area contributed by atoms with Gasteiger partial charge in [-0.15, -0.1) is 0 Å². The van der Waals surface area contributed by atoms with Gasteiger partial charge in [-0.25, -0.2) is 14.6 Å². The van der Waals surface area contributed by atoms with Gasteiger partial charge in [0.2, 0.25) is 0 Å². The summed E-state index contributed by atoms with van der Waals surface area (Å²) in [4.78, 5) is 8.38. The zero-order valence-corrected chi connectivity index (χ0v) is 11.3. The van der Waals surface area contributed by atoms with E-state index in [1.807, 2.05) is 14.0 Å². The van der Waals surface area contributed by atoms with Crippen molar-refractivity contribution < 1.29 is 5.11 Å². The van der Waals surface area contributed by atoms with Crippen molar-refractivity contribution in [1.29, 1.82) is 0 Å². The molecule has 1 atom stereocenters. The molecule has 0 amide bonds. The third kappa shape index (κ3) is 2.25. The van der Waals surface area contributed by atoms with Gasteiger partial charge in [0.05, 0.1) is 18.0 Å². The Hall–Kier alpha value is -1.21. The van der Waals surface area contributed by atoms with Gasteiger partial charge in [0, 0.05) is 7.05 Å². The fourth-order valence-corrected chi connectivity index (χ4v) is 2.22. The third-order valence-corrected chi connectivity index (χ3v) is 3.19. The maximum absolute atomic E-state index is 9.20. The minimum Gasteiger partial charge on any atom is -0.394 e. The Morgan fingerprint density at radius 2 is 2.29 bits per heavy atom. The van der Waals surface area contributed by atoms with E-state index in [9.17, 15) is 5.11 Å². The molecule has 2 N–H and O–H groups in total. The summed E-state index contributed by atoms with van der Waals surface area (Å²) in [6, 6.07) is -0.0137. The molecule has 0 aliphatic rings. The van der Waals surface area contributed by atoms with Crippen molar-refractivity contribution in [3.63, 3.8) is 0 Å². The van der Waals surface area contributed by atoms with Crippen LogP contribution in [0.2, 0.25) is 0 Å². The number of nitrogens with one attached hydrogen (secondary N) is 1. The molecule has 0 unspecified atom stereocenters. The minimum atomic E-state index is -0.0137. The van der Waals surface area contributed by atoms with Gasteiger partial charge in [-0.2, -0.15) is 5.10 Å². The van der Waals surface area contributed by atoms with Gasteiger partial charge in [0.15, 0.2) is 5.65 Å². The molecule has 0 saturated heterocycles. The van der Waals surface area contributed by atoms with Crippen molar-refractivity contribution in [2.75, 3.05) is 11.9 Å². The van der Waals surface area contributed by atoms with Crippen LogP contribution in [0.15, 0.2) is 10.9 Å². The standard InChI is InChI=1S/C10H14BrN5O/c1-3-6(4-17)14-9-7-8(11)15-16(2)10(7)13-5-12-9/h5-6,17H,3-4H2,1-2H3,(H,12,13,14)/t6-/m1/s1. The van der Waals surface area contributed by atoms with Gasteiger partial charge in [-0.05, 0) is 22.4 Å². The fraction of sp³-hybridized carbons (Fsp3) is 0.500. The number of aliphatic hydroxyl groups excluding tert-OH is 1. The van der Waals surface area contributed by atoms with E-state index in [1.165, 1.54) is 6.33 Å². The van der Waals surface area contributed by atoms with Crippen LogP contribution in [0.3, 0.4) is 0 Å². The van der Waals surface area contributed by atoms with E-state index in [-0.39, 0.29) is 12.6 Å². The van der Waals surface area contributed by atoms with Crippen LogP contribution in [0.25, 0.3) is 11.0 Å². The Labute approximate surface area is 107 Å². The number of aliphatic hydroxyl groups is 1. The normalized spacial score (nSPS) is 12.9. The fourth-order valence-electron chi connectivity index (χ4n) is 1.62. The lowest BCUT2D eigenvalue weighted by molar-refractivity contribution is 0.271. The monoisotopic (exact) mass is 299 g/mol. The first-order valence-corrected chi connectivity index (χ1v) is 6.17. The Morgan fingerprint density at radius 1 is 1.53 bits per heavy atom. The molecule has 0 saturated carbocycles. The topological polar surface area (TPSA) is 75.9 Å². The van der Waals surface area contributed by atoms with Gasteiger partial charge in [0.25, 0.3) is 0 Å². The summed E-state index contributed by atoms with van der Waals surface area (Å²) in [6.07, 6.45) is 2.31. The number of nitrogens with zero attached hydrogens (tertiary/aromatic N) is 4. The Balaban J connectivity index is 2.47. The van der Waals surface area contributed by atoms with Crippen molar-refractivity contribution in [3.8, 4) is 0 Å². The molecule has 2 aromatic heterocycles. The van der Waals surface area contributed by atoms with Crippen LogP contribution in [0.5, 0.6) is 0 Å². The molecule has 2 aromatic rings. The van der Waals surface area contributed by atoms with Gasteiger partial charge in [0.1, 0.15) is 16.7 Å². The van der Waals surface area contributed by atoms with Crippen molar-refractivity contribution >= 4 is 32.8 Å². The highest BCUT2D eigenvalue weighted by Gasteiger charge is 2.15. The summed E-state index contributed by atoms with van der Waals surface area (Å²) in [7, 11) is 1.83. The second kappa shape index (κ2) is 4.97. The van der Waals surface area contributed by atoms with E-state index in [0.29, 0.717) is 10.4 Å². The molecule has 92 valence electrons. The number of halogens is 1. The lowest BCUT2D eigenvalue weighted by Crippen LogP contribution is -2.23. The molecule has 2 rings (SSSR count). The smallest absolute Gasteiger partial charge is 0.164 e. The Morgan fingerprint density at radius 3 is 2.94 bits per heavy atom. The van der Waals surface area contributed by atoms with Gasteiger partial charge in [-0.1, -0.05) is 6.92 Å². The summed E-state index contributed by atoms with van der Waals surface area (Å²) in [6.45, 7) is 2.07. The highest BCUT2D eigenvalue weighted by atomic mass is 79.9. The van der Waals surface area contributed by atoms with E-state index in [1.54, 1.807) is 4.68 Å². The van der Waals surface area contributed by atoms with E-state index in [4.69, 9.17) is 0 Å². The van der Waals surface area contributed by atoms with Crippen LogP contribution in [0, 0.1) is 0 Å². The predicted molar refractivity (Wildman–Crippen MR) is 68.8 cm³/mol. The summed E-state index contributed by atoms with van der Waals surface area (Å²) in [5, 5.41) is 17.5. The number of rotatable bonds is 4. The number of hydrogen-bond donors (Lipinski definition) is 2. The quantitative estimate of drug-likeness (QED) is 0.890. The zero-order chi connectivity index (χ0) is 12.4.